The molecule has 2 atom stereocenters. The van der Waals surface area contributed by atoms with Crippen molar-refractivity contribution in [2.45, 2.75) is 193 Å². The first kappa shape index (κ1) is 52.7. The lowest BCUT2D eigenvalue weighted by molar-refractivity contribution is -0.870. The van der Waals surface area contributed by atoms with Crippen molar-refractivity contribution in [1.29, 1.82) is 0 Å². The van der Waals surface area contributed by atoms with E-state index < -0.39 is 13.9 Å². The molecule has 0 amide bonds. The number of phosphoric acid groups is 1. The minimum absolute atomic E-state index is 0.0863. The van der Waals surface area contributed by atoms with Crippen molar-refractivity contribution in [2.24, 2.45) is 0 Å². The molecule has 9 heteroatoms. The standard InChI is InChI=1S/C45H86NO7P/c1-6-8-10-12-14-16-18-19-20-21-22-23-24-25-26-27-28-30-32-34-36-38-45(47)53-44(43-52-54(48,49)51-41-39-46(3,4)5)42-50-40-37-35-33-31-29-17-15-13-11-9-7-2/h11,13,18-19,21-22,44H,6-10,12,14-17,20,23-43H2,1-5H3/p+1/b13-11-,19-18-,22-21-. The van der Waals surface area contributed by atoms with Crippen molar-refractivity contribution in [2.75, 3.05) is 54.1 Å². The first-order chi connectivity index (χ1) is 26.1. The number of carbonyl (C=O) groups excluding carboxylic acids is 1. The highest BCUT2D eigenvalue weighted by Crippen LogP contribution is 2.43. The van der Waals surface area contributed by atoms with Gasteiger partial charge in [0.05, 0.1) is 34.4 Å². The summed E-state index contributed by atoms with van der Waals surface area (Å²) in [4.78, 5) is 22.9. The lowest BCUT2D eigenvalue weighted by Crippen LogP contribution is -2.37. The lowest BCUT2D eigenvalue weighted by Gasteiger charge is -2.24. The Bertz CT molecular complexity index is 962. The van der Waals surface area contributed by atoms with Crippen LogP contribution in [0.5, 0.6) is 0 Å². The van der Waals surface area contributed by atoms with Crippen molar-refractivity contribution in [3.05, 3.63) is 36.5 Å². The van der Waals surface area contributed by atoms with Gasteiger partial charge in [-0.15, -0.1) is 0 Å². The Morgan fingerprint density at radius 1 is 0.574 bits per heavy atom. The highest BCUT2D eigenvalue weighted by atomic mass is 31.2. The third kappa shape index (κ3) is 41.9. The third-order valence-electron chi connectivity index (χ3n) is 9.40. The van der Waals surface area contributed by atoms with Crippen LogP contribution in [-0.4, -0.2) is 75.6 Å². The van der Waals surface area contributed by atoms with Gasteiger partial charge < -0.3 is 18.9 Å². The monoisotopic (exact) mass is 785 g/mol. The number of phosphoric ester groups is 1. The summed E-state index contributed by atoms with van der Waals surface area (Å²) in [6.07, 6.45) is 44.6. The summed E-state index contributed by atoms with van der Waals surface area (Å²) in [6.45, 7) is 5.54. The average molecular weight is 785 g/mol. The molecule has 0 saturated heterocycles. The lowest BCUT2D eigenvalue weighted by atomic mass is 10.1. The molecule has 0 heterocycles. The fourth-order valence-corrected chi connectivity index (χ4v) is 6.68. The SMILES string of the molecule is CCC/C=C\CCCCCCCCOCC(COP(=O)(O)OCC[N+](C)(C)C)OC(=O)CCCCCCCCCCC/C=C\C/C=C\CCCCCCC. The molecule has 0 aromatic heterocycles. The fourth-order valence-electron chi connectivity index (χ4n) is 5.94. The number of unbranched alkanes of at least 4 members (excludes halogenated alkanes) is 21. The number of allylic oxidation sites excluding steroid dienone is 6. The molecule has 1 N–H and O–H groups in total. The van der Waals surface area contributed by atoms with Crippen molar-refractivity contribution in [3.8, 4) is 0 Å². The van der Waals surface area contributed by atoms with E-state index in [1.165, 1.54) is 128 Å². The Balaban J connectivity index is 4.17. The maximum Gasteiger partial charge on any atom is 0.472 e. The van der Waals surface area contributed by atoms with E-state index in [0.717, 1.165) is 38.5 Å². The molecule has 0 saturated carbocycles. The first-order valence-electron chi connectivity index (χ1n) is 22.2. The van der Waals surface area contributed by atoms with Crippen LogP contribution in [0.1, 0.15) is 187 Å². The average Bonchev–Trinajstić information content (AvgIpc) is 3.12. The van der Waals surface area contributed by atoms with Crippen LogP contribution in [0.3, 0.4) is 0 Å². The Hall–Kier alpha value is -1.28. The molecular weight excluding hydrogens is 697 g/mol. The van der Waals surface area contributed by atoms with Crippen molar-refractivity contribution < 1.29 is 37.3 Å². The van der Waals surface area contributed by atoms with Gasteiger partial charge in [-0.25, -0.2) is 4.57 Å². The van der Waals surface area contributed by atoms with Gasteiger partial charge in [0.2, 0.25) is 0 Å². The zero-order valence-corrected chi connectivity index (χ0v) is 36.9. The summed E-state index contributed by atoms with van der Waals surface area (Å²) >= 11 is 0. The second kappa shape index (κ2) is 38.6. The van der Waals surface area contributed by atoms with Gasteiger partial charge >= 0.3 is 13.8 Å². The second-order valence-corrected chi connectivity index (χ2v) is 17.5. The molecule has 318 valence electrons. The molecule has 2 unspecified atom stereocenters. The Morgan fingerprint density at radius 3 is 1.59 bits per heavy atom. The number of ether oxygens (including phenoxy) is 2. The van der Waals surface area contributed by atoms with Crippen LogP contribution in [0.2, 0.25) is 0 Å². The minimum atomic E-state index is -4.27. The first-order valence-corrected chi connectivity index (χ1v) is 23.7. The van der Waals surface area contributed by atoms with Crippen LogP contribution in [-0.2, 0) is 27.9 Å². The van der Waals surface area contributed by atoms with E-state index in [4.69, 9.17) is 18.5 Å². The van der Waals surface area contributed by atoms with E-state index >= 15 is 0 Å². The minimum Gasteiger partial charge on any atom is -0.457 e. The largest absolute Gasteiger partial charge is 0.472 e. The molecule has 0 aliphatic heterocycles. The molecule has 0 bridgehead atoms. The quantitative estimate of drug-likeness (QED) is 0.0217. The second-order valence-electron chi connectivity index (χ2n) is 16.1. The smallest absolute Gasteiger partial charge is 0.457 e. The summed E-state index contributed by atoms with van der Waals surface area (Å²) in [5.74, 6) is -0.321. The highest BCUT2D eigenvalue weighted by molar-refractivity contribution is 7.47. The normalized spacial score (nSPS) is 14.1. The number of hydrogen-bond donors (Lipinski definition) is 1. The van der Waals surface area contributed by atoms with Gasteiger partial charge in [0.15, 0.2) is 0 Å². The molecule has 0 radical (unpaired) electrons. The summed E-state index contributed by atoms with van der Waals surface area (Å²) in [5, 5.41) is 0. The van der Waals surface area contributed by atoms with Crippen LogP contribution >= 0.6 is 7.82 Å². The number of hydrogen-bond acceptors (Lipinski definition) is 6. The van der Waals surface area contributed by atoms with Gasteiger partial charge in [-0.2, -0.15) is 0 Å². The van der Waals surface area contributed by atoms with Crippen molar-refractivity contribution >= 4 is 13.8 Å². The maximum absolute atomic E-state index is 12.7. The van der Waals surface area contributed by atoms with E-state index in [0.29, 0.717) is 24.1 Å². The molecule has 8 nitrogen and oxygen atoms in total. The van der Waals surface area contributed by atoms with Gasteiger partial charge in [0, 0.05) is 13.0 Å². The zero-order chi connectivity index (χ0) is 39.9. The number of nitrogens with zero attached hydrogens (tertiary/aromatic N) is 1. The van der Waals surface area contributed by atoms with E-state index in [9.17, 15) is 14.3 Å². The highest BCUT2D eigenvalue weighted by Gasteiger charge is 2.26. The van der Waals surface area contributed by atoms with Crippen molar-refractivity contribution in [3.63, 3.8) is 0 Å². The molecule has 0 aliphatic rings. The van der Waals surface area contributed by atoms with E-state index in [2.05, 4.69) is 50.3 Å². The molecule has 0 aromatic rings. The topological polar surface area (TPSA) is 91.3 Å². The summed E-state index contributed by atoms with van der Waals surface area (Å²) in [5.41, 5.74) is 0. The Kier molecular flexibility index (Phi) is 37.7. The van der Waals surface area contributed by atoms with Gasteiger partial charge in [-0.1, -0.05) is 153 Å². The molecule has 0 spiro atoms. The van der Waals surface area contributed by atoms with Crippen molar-refractivity contribution in [1.82, 2.24) is 0 Å². The Morgan fingerprint density at radius 2 is 1.06 bits per heavy atom. The summed E-state index contributed by atoms with van der Waals surface area (Å²) in [7, 11) is 1.66. The molecule has 54 heavy (non-hydrogen) atoms. The van der Waals surface area contributed by atoms with Gasteiger partial charge in [-0.3, -0.25) is 13.8 Å². The fraction of sp³-hybridized carbons (Fsp3) is 0.844. The van der Waals surface area contributed by atoms with Crippen LogP contribution in [0.15, 0.2) is 36.5 Å². The number of likely N-dealkylation sites (N-methyl/N-ethyl adjacent to an activating group) is 1. The van der Waals surface area contributed by atoms with E-state index in [1.807, 2.05) is 21.1 Å². The number of rotatable bonds is 41. The molecule has 0 aromatic carbocycles. The Labute approximate surface area is 334 Å². The molecular formula is C45H87NO7P+. The van der Waals surface area contributed by atoms with Crippen LogP contribution < -0.4 is 0 Å². The van der Waals surface area contributed by atoms with Crippen LogP contribution in [0.4, 0.5) is 0 Å². The predicted octanol–water partition coefficient (Wildman–Crippen LogP) is 13.0. The third-order valence-corrected chi connectivity index (χ3v) is 10.4. The number of esters is 1. The number of carbonyl (C=O) groups is 1. The van der Waals surface area contributed by atoms with E-state index in [1.54, 1.807) is 0 Å². The molecule has 0 fully saturated rings. The van der Waals surface area contributed by atoms with Gasteiger partial charge in [-0.05, 0) is 64.2 Å². The van der Waals surface area contributed by atoms with Crippen LogP contribution in [0, 0.1) is 0 Å². The zero-order valence-electron chi connectivity index (χ0n) is 36.0. The predicted molar refractivity (Wildman–Crippen MR) is 229 cm³/mol. The van der Waals surface area contributed by atoms with E-state index in [-0.39, 0.29) is 25.8 Å². The van der Waals surface area contributed by atoms with Gasteiger partial charge in [0.25, 0.3) is 0 Å². The summed E-state index contributed by atoms with van der Waals surface area (Å²) < 4.78 is 34.9. The maximum atomic E-state index is 12.7. The molecule has 0 rings (SSSR count). The van der Waals surface area contributed by atoms with Crippen LogP contribution in [0.25, 0.3) is 0 Å². The summed E-state index contributed by atoms with van der Waals surface area (Å²) in [6, 6.07) is 0. The number of quaternary nitrogens is 1. The molecule has 0 aliphatic carbocycles. The van der Waals surface area contributed by atoms with Gasteiger partial charge in [0.1, 0.15) is 19.3 Å².